The molecule has 6 heteroatoms. The summed E-state index contributed by atoms with van der Waals surface area (Å²) >= 11 is 0. The van der Waals surface area contributed by atoms with Gasteiger partial charge in [0.05, 0.1) is 0 Å². The third-order valence-electron chi connectivity index (χ3n) is 3.88. The van der Waals surface area contributed by atoms with Crippen LogP contribution in [0.1, 0.15) is 32.4 Å². The van der Waals surface area contributed by atoms with Gasteiger partial charge in [-0.25, -0.2) is 9.18 Å². The molecule has 2 rings (SSSR count). The molecule has 2 N–H and O–H groups in total. The summed E-state index contributed by atoms with van der Waals surface area (Å²) in [4.78, 5) is 16.0. The number of carbonyl (C=O) groups excluding carboxylic acids is 1. The lowest BCUT2D eigenvalue weighted by Gasteiger charge is -2.39. The van der Waals surface area contributed by atoms with Gasteiger partial charge in [0, 0.05) is 38.8 Å². The molecular weight excluding hydrogens is 297 g/mol. The van der Waals surface area contributed by atoms with Gasteiger partial charge in [0.25, 0.3) is 0 Å². The van der Waals surface area contributed by atoms with Crippen molar-refractivity contribution in [2.45, 2.75) is 32.4 Å². The molecule has 0 aromatic heterocycles. The summed E-state index contributed by atoms with van der Waals surface area (Å²) in [6, 6.07) is 6.49. The van der Waals surface area contributed by atoms with Gasteiger partial charge in [0.2, 0.25) is 0 Å². The first-order valence-corrected chi connectivity index (χ1v) is 7.97. The van der Waals surface area contributed by atoms with Crippen molar-refractivity contribution < 1.29 is 13.9 Å². The van der Waals surface area contributed by atoms with Gasteiger partial charge in [-0.3, -0.25) is 4.90 Å². The van der Waals surface area contributed by atoms with E-state index in [2.05, 4.69) is 4.90 Å². The third-order valence-corrected chi connectivity index (χ3v) is 3.88. The van der Waals surface area contributed by atoms with E-state index in [1.54, 1.807) is 17.0 Å². The molecule has 0 aliphatic carbocycles. The predicted octanol–water partition coefficient (Wildman–Crippen LogP) is 2.38. The van der Waals surface area contributed by atoms with Crippen LogP contribution in [-0.4, -0.2) is 54.2 Å². The van der Waals surface area contributed by atoms with Gasteiger partial charge in [-0.05, 0) is 38.5 Å². The van der Waals surface area contributed by atoms with E-state index in [-0.39, 0.29) is 18.0 Å². The van der Waals surface area contributed by atoms with Crippen molar-refractivity contribution in [1.82, 2.24) is 9.80 Å². The number of hydrogen-bond donors (Lipinski definition) is 1. The Morgan fingerprint density at radius 3 is 2.26 bits per heavy atom. The van der Waals surface area contributed by atoms with E-state index in [1.165, 1.54) is 12.1 Å². The molecule has 1 saturated heterocycles. The number of nitrogens with two attached hydrogens (primary N) is 1. The van der Waals surface area contributed by atoms with E-state index < -0.39 is 5.60 Å². The number of benzene rings is 1. The lowest BCUT2D eigenvalue weighted by molar-refractivity contribution is 0.0106. The molecule has 1 aromatic carbocycles. The molecule has 0 saturated carbocycles. The van der Waals surface area contributed by atoms with E-state index in [9.17, 15) is 9.18 Å². The number of piperazine rings is 1. The van der Waals surface area contributed by atoms with Crippen LogP contribution >= 0.6 is 0 Å². The fraction of sp³-hybridized carbons (Fsp3) is 0.588. The summed E-state index contributed by atoms with van der Waals surface area (Å²) in [6.45, 7) is 8.69. The average Bonchev–Trinajstić information content (AvgIpc) is 2.49. The Morgan fingerprint density at radius 2 is 1.78 bits per heavy atom. The minimum Gasteiger partial charge on any atom is -0.444 e. The first-order chi connectivity index (χ1) is 10.8. The van der Waals surface area contributed by atoms with Gasteiger partial charge in [0.15, 0.2) is 0 Å². The maximum absolute atomic E-state index is 13.1. The molecule has 23 heavy (non-hydrogen) atoms. The molecule has 128 valence electrons. The van der Waals surface area contributed by atoms with Crippen molar-refractivity contribution in [2.75, 3.05) is 32.7 Å². The summed E-state index contributed by atoms with van der Waals surface area (Å²) in [6.07, 6.45) is -0.275. The predicted molar refractivity (Wildman–Crippen MR) is 87.6 cm³/mol. The number of nitrogens with zero attached hydrogens (tertiary/aromatic N) is 2. The Balaban J connectivity index is 1.94. The van der Waals surface area contributed by atoms with Crippen LogP contribution < -0.4 is 5.73 Å². The second-order valence-corrected chi connectivity index (χ2v) is 6.81. The van der Waals surface area contributed by atoms with Crippen LogP contribution in [0.5, 0.6) is 0 Å². The maximum Gasteiger partial charge on any atom is 0.410 e. The molecule has 0 spiro atoms. The minimum atomic E-state index is -0.484. The summed E-state index contributed by atoms with van der Waals surface area (Å²) in [5.41, 5.74) is 6.43. The molecule has 0 unspecified atom stereocenters. The van der Waals surface area contributed by atoms with Crippen LogP contribution in [0.25, 0.3) is 0 Å². The standard InChI is InChI=1S/C17H26FN3O2/c1-17(2,3)23-16(22)21-10-8-20(9-11-21)15(12-19)13-4-6-14(18)7-5-13/h4-7,15H,8-12,19H2,1-3H3/t15-/m0/s1. The van der Waals surface area contributed by atoms with Gasteiger partial charge in [-0.2, -0.15) is 0 Å². The highest BCUT2D eigenvalue weighted by molar-refractivity contribution is 5.68. The molecule has 0 bridgehead atoms. The Labute approximate surface area is 137 Å². The summed E-state index contributed by atoms with van der Waals surface area (Å²) in [5.74, 6) is -0.251. The van der Waals surface area contributed by atoms with Crippen molar-refractivity contribution in [2.24, 2.45) is 5.73 Å². The van der Waals surface area contributed by atoms with Gasteiger partial charge < -0.3 is 15.4 Å². The molecule has 1 aliphatic rings. The van der Waals surface area contributed by atoms with Crippen molar-refractivity contribution >= 4 is 6.09 Å². The lowest BCUT2D eigenvalue weighted by Crippen LogP contribution is -2.51. The molecular formula is C17H26FN3O2. The number of amides is 1. The monoisotopic (exact) mass is 323 g/mol. The number of rotatable bonds is 3. The van der Waals surface area contributed by atoms with Crippen LogP contribution in [0, 0.1) is 5.82 Å². The summed E-state index contributed by atoms with van der Waals surface area (Å²) < 4.78 is 18.5. The topological polar surface area (TPSA) is 58.8 Å². The molecule has 0 radical (unpaired) electrons. The van der Waals surface area contributed by atoms with Crippen molar-refractivity contribution in [3.8, 4) is 0 Å². The SMILES string of the molecule is CC(C)(C)OC(=O)N1CCN([C@@H](CN)c2ccc(F)cc2)CC1. The van der Waals surface area contributed by atoms with Gasteiger partial charge in [-0.15, -0.1) is 0 Å². The van der Waals surface area contributed by atoms with E-state index >= 15 is 0 Å². The lowest BCUT2D eigenvalue weighted by atomic mass is 10.0. The number of halogens is 1. The molecule has 1 amide bonds. The normalized spacial score (nSPS) is 17.9. The van der Waals surface area contributed by atoms with Crippen LogP contribution in [0.15, 0.2) is 24.3 Å². The highest BCUT2D eigenvalue weighted by atomic mass is 19.1. The Morgan fingerprint density at radius 1 is 1.22 bits per heavy atom. The van der Waals surface area contributed by atoms with Crippen LogP contribution in [0.2, 0.25) is 0 Å². The maximum atomic E-state index is 13.1. The quantitative estimate of drug-likeness (QED) is 0.928. The van der Waals surface area contributed by atoms with Crippen molar-refractivity contribution in [3.63, 3.8) is 0 Å². The van der Waals surface area contributed by atoms with Gasteiger partial charge in [-0.1, -0.05) is 12.1 Å². The zero-order valence-corrected chi connectivity index (χ0v) is 14.1. The van der Waals surface area contributed by atoms with Crippen molar-refractivity contribution in [1.29, 1.82) is 0 Å². The third kappa shape index (κ3) is 4.91. The molecule has 5 nitrogen and oxygen atoms in total. The first kappa shape index (κ1) is 17.7. The summed E-state index contributed by atoms with van der Waals surface area (Å²) in [5, 5.41) is 0. The number of ether oxygens (including phenoxy) is 1. The molecule has 1 aliphatic heterocycles. The highest BCUT2D eigenvalue weighted by Crippen LogP contribution is 2.22. The molecule has 1 atom stereocenters. The molecule has 1 fully saturated rings. The second-order valence-electron chi connectivity index (χ2n) is 6.81. The summed E-state index contributed by atoms with van der Waals surface area (Å²) in [7, 11) is 0. The number of hydrogen-bond acceptors (Lipinski definition) is 4. The zero-order chi connectivity index (χ0) is 17.0. The fourth-order valence-corrected chi connectivity index (χ4v) is 2.72. The average molecular weight is 323 g/mol. The van der Waals surface area contributed by atoms with E-state index in [0.717, 1.165) is 18.7 Å². The largest absolute Gasteiger partial charge is 0.444 e. The Kier molecular flexibility index (Phi) is 5.59. The smallest absolute Gasteiger partial charge is 0.410 e. The Bertz CT molecular complexity index is 520. The second kappa shape index (κ2) is 7.27. The Hall–Kier alpha value is -1.66. The zero-order valence-electron chi connectivity index (χ0n) is 14.1. The number of carbonyl (C=O) groups is 1. The minimum absolute atomic E-state index is 0.0383. The van der Waals surface area contributed by atoms with Gasteiger partial charge in [0.1, 0.15) is 11.4 Å². The van der Waals surface area contributed by atoms with Crippen molar-refractivity contribution in [3.05, 3.63) is 35.6 Å². The van der Waals surface area contributed by atoms with Crippen LogP contribution in [0.4, 0.5) is 9.18 Å². The van der Waals surface area contributed by atoms with E-state index in [0.29, 0.717) is 19.6 Å². The fourth-order valence-electron chi connectivity index (χ4n) is 2.72. The highest BCUT2D eigenvalue weighted by Gasteiger charge is 2.28. The van der Waals surface area contributed by atoms with Crippen LogP contribution in [0.3, 0.4) is 0 Å². The van der Waals surface area contributed by atoms with E-state index in [4.69, 9.17) is 10.5 Å². The van der Waals surface area contributed by atoms with E-state index in [1.807, 2.05) is 20.8 Å². The first-order valence-electron chi connectivity index (χ1n) is 7.97. The van der Waals surface area contributed by atoms with Crippen LogP contribution in [-0.2, 0) is 4.74 Å². The molecule has 1 heterocycles. The van der Waals surface area contributed by atoms with Gasteiger partial charge >= 0.3 is 6.09 Å². The molecule has 1 aromatic rings.